The van der Waals surface area contributed by atoms with E-state index < -0.39 is 0 Å². The molecule has 15 heavy (non-hydrogen) atoms. The zero-order valence-electron chi connectivity index (χ0n) is 9.09. The van der Waals surface area contributed by atoms with Gasteiger partial charge in [0.25, 0.3) is 0 Å². The van der Waals surface area contributed by atoms with Crippen LogP contribution < -0.4 is 5.32 Å². The van der Waals surface area contributed by atoms with Crippen molar-refractivity contribution in [2.75, 3.05) is 0 Å². The van der Waals surface area contributed by atoms with Gasteiger partial charge in [-0.3, -0.25) is 4.79 Å². The third-order valence-electron chi connectivity index (χ3n) is 2.22. The monoisotopic (exact) mass is 209 g/mol. The van der Waals surface area contributed by atoms with E-state index in [2.05, 4.69) is 5.32 Å². The highest BCUT2D eigenvalue weighted by molar-refractivity contribution is 5.76. The third-order valence-corrected chi connectivity index (χ3v) is 2.22. The second-order valence-corrected chi connectivity index (χ2v) is 3.59. The maximum atomic E-state index is 12.6. The largest absolute Gasteiger partial charge is 0.350 e. The Hall–Kier alpha value is -1.38. The van der Waals surface area contributed by atoms with Crippen LogP contribution in [-0.2, 0) is 4.79 Å². The number of hydrogen-bond donors (Lipinski definition) is 1. The van der Waals surface area contributed by atoms with Crippen LogP contribution in [0.1, 0.15) is 38.3 Å². The number of carbonyl (C=O) groups excluding carboxylic acids is 1. The van der Waals surface area contributed by atoms with Gasteiger partial charge in [0.2, 0.25) is 5.91 Å². The second-order valence-electron chi connectivity index (χ2n) is 3.59. The SMILES string of the molecule is CCCC(=O)N[C@@H](C)c1ccc(F)cc1. The van der Waals surface area contributed by atoms with Gasteiger partial charge >= 0.3 is 0 Å². The minimum absolute atomic E-state index is 0.0364. The van der Waals surface area contributed by atoms with Crippen LogP contribution >= 0.6 is 0 Å². The Morgan fingerprint density at radius 2 is 2.00 bits per heavy atom. The molecule has 0 radical (unpaired) electrons. The van der Waals surface area contributed by atoms with Gasteiger partial charge in [-0.05, 0) is 31.0 Å². The first-order chi connectivity index (χ1) is 7.13. The van der Waals surface area contributed by atoms with Crippen LogP contribution in [0.4, 0.5) is 4.39 Å². The van der Waals surface area contributed by atoms with Crippen molar-refractivity contribution in [1.29, 1.82) is 0 Å². The summed E-state index contributed by atoms with van der Waals surface area (Å²) in [6.07, 6.45) is 1.37. The molecular formula is C12H16FNO. The van der Waals surface area contributed by atoms with Crippen molar-refractivity contribution >= 4 is 5.91 Å². The molecule has 0 heterocycles. The van der Waals surface area contributed by atoms with Gasteiger partial charge in [-0.25, -0.2) is 4.39 Å². The summed E-state index contributed by atoms with van der Waals surface area (Å²) in [5.74, 6) is -0.222. The molecule has 0 aliphatic rings. The molecule has 0 unspecified atom stereocenters. The van der Waals surface area contributed by atoms with Crippen molar-refractivity contribution in [2.45, 2.75) is 32.7 Å². The molecule has 0 aliphatic carbocycles. The summed E-state index contributed by atoms with van der Waals surface area (Å²) in [4.78, 5) is 11.3. The summed E-state index contributed by atoms with van der Waals surface area (Å²) in [6, 6.07) is 6.11. The lowest BCUT2D eigenvalue weighted by molar-refractivity contribution is -0.121. The minimum Gasteiger partial charge on any atom is -0.350 e. The maximum Gasteiger partial charge on any atom is 0.220 e. The van der Waals surface area contributed by atoms with E-state index in [1.54, 1.807) is 12.1 Å². The Balaban J connectivity index is 2.57. The molecular weight excluding hydrogens is 193 g/mol. The Morgan fingerprint density at radius 1 is 1.40 bits per heavy atom. The molecule has 1 aromatic carbocycles. The van der Waals surface area contributed by atoms with Crippen molar-refractivity contribution in [3.63, 3.8) is 0 Å². The molecule has 0 aromatic heterocycles. The van der Waals surface area contributed by atoms with Crippen molar-refractivity contribution in [2.24, 2.45) is 0 Å². The first kappa shape index (κ1) is 11.7. The molecule has 1 rings (SSSR count). The molecule has 0 saturated carbocycles. The van der Waals surface area contributed by atoms with Gasteiger partial charge in [-0.2, -0.15) is 0 Å². The highest BCUT2D eigenvalue weighted by atomic mass is 19.1. The Kier molecular flexibility index (Phi) is 4.28. The van der Waals surface area contributed by atoms with E-state index in [9.17, 15) is 9.18 Å². The van der Waals surface area contributed by atoms with Crippen LogP contribution in [0.5, 0.6) is 0 Å². The summed E-state index contributed by atoms with van der Waals surface area (Å²) < 4.78 is 12.6. The van der Waals surface area contributed by atoms with Gasteiger partial charge in [0.05, 0.1) is 6.04 Å². The van der Waals surface area contributed by atoms with Gasteiger partial charge in [-0.1, -0.05) is 19.1 Å². The predicted molar refractivity (Wildman–Crippen MR) is 57.9 cm³/mol. The summed E-state index contributed by atoms with van der Waals surface area (Å²) in [5, 5.41) is 2.86. The molecule has 2 nitrogen and oxygen atoms in total. The molecule has 0 fully saturated rings. The van der Waals surface area contributed by atoms with E-state index in [4.69, 9.17) is 0 Å². The zero-order chi connectivity index (χ0) is 11.3. The van der Waals surface area contributed by atoms with E-state index in [0.717, 1.165) is 12.0 Å². The van der Waals surface area contributed by atoms with Gasteiger partial charge in [0.1, 0.15) is 5.82 Å². The van der Waals surface area contributed by atoms with E-state index in [1.807, 2.05) is 13.8 Å². The minimum atomic E-state index is -0.258. The summed E-state index contributed by atoms with van der Waals surface area (Å²) in [6.45, 7) is 3.85. The van der Waals surface area contributed by atoms with Gasteiger partial charge in [0, 0.05) is 6.42 Å². The average molecular weight is 209 g/mol. The topological polar surface area (TPSA) is 29.1 Å². The fourth-order valence-corrected chi connectivity index (χ4v) is 1.38. The predicted octanol–water partition coefficient (Wildman–Crippen LogP) is 2.80. The smallest absolute Gasteiger partial charge is 0.220 e. The number of carbonyl (C=O) groups is 1. The van der Waals surface area contributed by atoms with Crippen molar-refractivity contribution in [1.82, 2.24) is 5.32 Å². The normalized spacial score (nSPS) is 12.2. The molecule has 82 valence electrons. The van der Waals surface area contributed by atoms with Crippen molar-refractivity contribution in [3.05, 3.63) is 35.6 Å². The number of nitrogens with one attached hydrogen (secondary N) is 1. The molecule has 0 spiro atoms. The molecule has 1 amide bonds. The quantitative estimate of drug-likeness (QED) is 0.811. The zero-order valence-corrected chi connectivity index (χ0v) is 9.09. The van der Waals surface area contributed by atoms with Crippen LogP contribution in [0.3, 0.4) is 0 Å². The molecule has 1 N–H and O–H groups in total. The lowest BCUT2D eigenvalue weighted by atomic mass is 10.1. The highest BCUT2D eigenvalue weighted by Crippen LogP contribution is 2.12. The fourth-order valence-electron chi connectivity index (χ4n) is 1.38. The lowest BCUT2D eigenvalue weighted by Gasteiger charge is -2.13. The third kappa shape index (κ3) is 3.70. The van der Waals surface area contributed by atoms with E-state index >= 15 is 0 Å². The Bertz CT molecular complexity index is 321. The molecule has 0 saturated heterocycles. The fraction of sp³-hybridized carbons (Fsp3) is 0.417. The molecule has 0 bridgehead atoms. The highest BCUT2D eigenvalue weighted by Gasteiger charge is 2.08. The summed E-state index contributed by atoms with van der Waals surface area (Å²) >= 11 is 0. The Labute approximate surface area is 89.5 Å². The van der Waals surface area contributed by atoms with Crippen LogP contribution in [-0.4, -0.2) is 5.91 Å². The van der Waals surface area contributed by atoms with Crippen molar-refractivity contribution < 1.29 is 9.18 Å². The second kappa shape index (κ2) is 5.49. The number of rotatable bonds is 4. The van der Waals surface area contributed by atoms with Crippen LogP contribution in [0.25, 0.3) is 0 Å². The standard InChI is InChI=1S/C12H16FNO/c1-3-4-12(15)14-9(2)10-5-7-11(13)8-6-10/h5-9H,3-4H2,1-2H3,(H,14,15)/t9-/m0/s1. The Morgan fingerprint density at radius 3 is 2.53 bits per heavy atom. The summed E-state index contributed by atoms with van der Waals surface area (Å²) in [7, 11) is 0. The number of benzene rings is 1. The number of halogens is 1. The van der Waals surface area contributed by atoms with Crippen LogP contribution in [0.2, 0.25) is 0 Å². The van der Waals surface area contributed by atoms with E-state index in [0.29, 0.717) is 6.42 Å². The molecule has 1 aromatic rings. The molecule has 0 aliphatic heterocycles. The van der Waals surface area contributed by atoms with Crippen LogP contribution in [0, 0.1) is 5.82 Å². The molecule has 3 heteroatoms. The summed E-state index contributed by atoms with van der Waals surface area (Å²) in [5.41, 5.74) is 0.917. The first-order valence-corrected chi connectivity index (χ1v) is 5.18. The van der Waals surface area contributed by atoms with Gasteiger partial charge in [0.15, 0.2) is 0 Å². The first-order valence-electron chi connectivity index (χ1n) is 5.18. The maximum absolute atomic E-state index is 12.6. The lowest BCUT2D eigenvalue weighted by Crippen LogP contribution is -2.26. The number of hydrogen-bond acceptors (Lipinski definition) is 1. The van der Waals surface area contributed by atoms with E-state index in [1.165, 1.54) is 12.1 Å². The number of amides is 1. The van der Waals surface area contributed by atoms with Gasteiger partial charge < -0.3 is 5.32 Å². The molecule has 1 atom stereocenters. The van der Waals surface area contributed by atoms with Crippen LogP contribution in [0.15, 0.2) is 24.3 Å². The van der Waals surface area contributed by atoms with E-state index in [-0.39, 0.29) is 17.8 Å². The van der Waals surface area contributed by atoms with Crippen molar-refractivity contribution in [3.8, 4) is 0 Å². The average Bonchev–Trinajstić information content (AvgIpc) is 2.18. The van der Waals surface area contributed by atoms with Gasteiger partial charge in [-0.15, -0.1) is 0 Å².